The van der Waals surface area contributed by atoms with Gasteiger partial charge >= 0.3 is 0 Å². The van der Waals surface area contributed by atoms with Gasteiger partial charge < -0.3 is 10.3 Å². The minimum Gasteiger partial charge on any atom is -0.360 e. The van der Waals surface area contributed by atoms with Gasteiger partial charge in [-0.05, 0) is 24.6 Å². The van der Waals surface area contributed by atoms with Gasteiger partial charge in [-0.15, -0.1) is 0 Å². The van der Waals surface area contributed by atoms with E-state index in [1.165, 1.54) is 0 Å². The number of benzene rings is 1. The molecule has 2 aromatic rings. The Kier molecular flexibility index (Phi) is 1.59. The highest BCUT2D eigenvalue weighted by Gasteiger charge is 2.02. The quantitative estimate of drug-likeness (QED) is 0.692. The van der Waals surface area contributed by atoms with E-state index in [2.05, 4.69) is 5.16 Å². The number of aryl methyl sites for hydroxylation is 1. The predicted octanol–water partition coefficient (Wildman–Crippen LogP) is 1.59. The molecule has 0 unspecified atom stereocenters. The summed E-state index contributed by atoms with van der Waals surface area (Å²) in [5.41, 5.74) is 7.45. The fraction of sp³-hybridized carbons (Fsp3) is 0.222. The Morgan fingerprint density at radius 1 is 1.50 bits per heavy atom. The molecule has 0 aliphatic rings. The summed E-state index contributed by atoms with van der Waals surface area (Å²) in [6.45, 7) is 2.44. The fourth-order valence-corrected chi connectivity index (χ4v) is 1.24. The van der Waals surface area contributed by atoms with E-state index in [0.29, 0.717) is 6.54 Å². The number of hydrogen-bond acceptors (Lipinski definition) is 3. The third-order valence-corrected chi connectivity index (χ3v) is 1.96. The van der Waals surface area contributed by atoms with E-state index in [-0.39, 0.29) is 0 Å². The molecule has 62 valence electrons. The molecule has 3 nitrogen and oxygen atoms in total. The molecule has 0 amide bonds. The standard InChI is InChI=1S/C9H10N2O/c1-6-8-3-2-7(5-10)4-9(8)11-12-6/h2-4H,5,10H2,1H3. The van der Waals surface area contributed by atoms with Crippen molar-refractivity contribution in [2.24, 2.45) is 5.73 Å². The second-order valence-electron chi connectivity index (χ2n) is 2.79. The molecule has 0 bridgehead atoms. The van der Waals surface area contributed by atoms with Gasteiger partial charge in [-0.2, -0.15) is 0 Å². The normalized spacial score (nSPS) is 10.8. The van der Waals surface area contributed by atoms with Crippen molar-refractivity contribution in [2.75, 3.05) is 0 Å². The highest BCUT2D eigenvalue weighted by Crippen LogP contribution is 2.18. The summed E-state index contributed by atoms with van der Waals surface area (Å²) in [5.74, 6) is 0.855. The zero-order chi connectivity index (χ0) is 8.55. The van der Waals surface area contributed by atoms with Gasteiger partial charge in [0.15, 0.2) is 0 Å². The summed E-state index contributed by atoms with van der Waals surface area (Å²) in [6.07, 6.45) is 0. The minimum absolute atomic E-state index is 0.543. The fourth-order valence-electron chi connectivity index (χ4n) is 1.24. The second-order valence-corrected chi connectivity index (χ2v) is 2.79. The molecule has 0 radical (unpaired) electrons. The highest BCUT2D eigenvalue weighted by atomic mass is 16.5. The van der Waals surface area contributed by atoms with Gasteiger partial charge in [0.1, 0.15) is 11.3 Å². The van der Waals surface area contributed by atoms with Gasteiger partial charge in [0, 0.05) is 11.9 Å². The first kappa shape index (κ1) is 7.31. The molecule has 0 aliphatic carbocycles. The average molecular weight is 162 g/mol. The van der Waals surface area contributed by atoms with E-state index in [4.69, 9.17) is 10.3 Å². The Labute approximate surface area is 70.1 Å². The van der Waals surface area contributed by atoms with Crippen LogP contribution in [0.5, 0.6) is 0 Å². The molecule has 3 heteroatoms. The van der Waals surface area contributed by atoms with Crippen LogP contribution in [0.4, 0.5) is 0 Å². The van der Waals surface area contributed by atoms with Crippen molar-refractivity contribution in [3.8, 4) is 0 Å². The van der Waals surface area contributed by atoms with E-state index >= 15 is 0 Å². The first-order chi connectivity index (χ1) is 5.81. The van der Waals surface area contributed by atoms with Crippen LogP contribution in [0.3, 0.4) is 0 Å². The molecule has 0 atom stereocenters. The van der Waals surface area contributed by atoms with Crippen molar-refractivity contribution < 1.29 is 4.52 Å². The third kappa shape index (κ3) is 0.987. The van der Waals surface area contributed by atoms with Crippen LogP contribution in [0.1, 0.15) is 11.3 Å². The first-order valence-corrected chi connectivity index (χ1v) is 3.86. The van der Waals surface area contributed by atoms with Gasteiger partial charge in [0.25, 0.3) is 0 Å². The molecule has 2 N–H and O–H groups in total. The maximum absolute atomic E-state index is 5.49. The lowest BCUT2D eigenvalue weighted by atomic mass is 10.1. The van der Waals surface area contributed by atoms with Crippen molar-refractivity contribution in [2.45, 2.75) is 13.5 Å². The third-order valence-electron chi connectivity index (χ3n) is 1.96. The molecular formula is C9H10N2O. The van der Waals surface area contributed by atoms with Gasteiger partial charge in [-0.1, -0.05) is 11.2 Å². The van der Waals surface area contributed by atoms with Crippen molar-refractivity contribution >= 4 is 10.9 Å². The molecule has 1 heterocycles. The molecule has 0 fully saturated rings. The average Bonchev–Trinajstić information content (AvgIpc) is 2.47. The summed E-state index contributed by atoms with van der Waals surface area (Å²) in [5, 5.41) is 4.96. The number of nitrogens with zero attached hydrogens (tertiary/aromatic N) is 1. The Morgan fingerprint density at radius 2 is 2.33 bits per heavy atom. The molecule has 0 saturated carbocycles. The predicted molar refractivity (Wildman–Crippen MR) is 46.6 cm³/mol. The van der Waals surface area contributed by atoms with Crippen LogP contribution >= 0.6 is 0 Å². The van der Waals surface area contributed by atoms with Crippen LogP contribution in [0.2, 0.25) is 0 Å². The smallest absolute Gasteiger partial charge is 0.141 e. The van der Waals surface area contributed by atoms with Crippen molar-refractivity contribution in [3.63, 3.8) is 0 Å². The Balaban J connectivity index is 2.69. The first-order valence-electron chi connectivity index (χ1n) is 3.86. The molecule has 1 aromatic heterocycles. The topological polar surface area (TPSA) is 52.0 Å². The second kappa shape index (κ2) is 2.60. The molecule has 12 heavy (non-hydrogen) atoms. The molecule has 1 aromatic carbocycles. The monoisotopic (exact) mass is 162 g/mol. The largest absolute Gasteiger partial charge is 0.360 e. The van der Waals surface area contributed by atoms with E-state index in [0.717, 1.165) is 22.2 Å². The van der Waals surface area contributed by atoms with E-state index in [1.54, 1.807) is 0 Å². The van der Waals surface area contributed by atoms with Crippen LogP contribution in [0, 0.1) is 6.92 Å². The lowest BCUT2D eigenvalue weighted by Crippen LogP contribution is -1.95. The van der Waals surface area contributed by atoms with E-state index in [1.807, 2.05) is 25.1 Å². The number of hydrogen-bond donors (Lipinski definition) is 1. The van der Waals surface area contributed by atoms with Gasteiger partial charge in [0.2, 0.25) is 0 Å². The van der Waals surface area contributed by atoms with Crippen LogP contribution in [0.15, 0.2) is 22.7 Å². The van der Waals surface area contributed by atoms with Crippen molar-refractivity contribution in [3.05, 3.63) is 29.5 Å². The Bertz CT molecular complexity index is 406. The van der Waals surface area contributed by atoms with E-state index in [9.17, 15) is 0 Å². The number of rotatable bonds is 1. The number of nitrogens with two attached hydrogens (primary N) is 1. The van der Waals surface area contributed by atoms with Gasteiger partial charge in [-0.3, -0.25) is 0 Å². The maximum atomic E-state index is 5.49. The zero-order valence-electron chi connectivity index (χ0n) is 6.87. The van der Waals surface area contributed by atoms with Crippen LogP contribution in [-0.2, 0) is 6.54 Å². The lowest BCUT2D eigenvalue weighted by Gasteiger charge is -1.93. The molecule has 2 rings (SSSR count). The Hall–Kier alpha value is -1.35. The van der Waals surface area contributed by atoms with Gasteiger partial charge in [0.05, 0.1) is 0 Å². The van der Waals surface area contributed by atoms with Gasteiger partial charge in [-0.25, -0.2) is 0 Å². The van der Waals surface area contributed by atoms with Crippen molar-refractivity contribution in [1.82, 2.24) is 5.16 Å². The summed E-state index contributed by atoms with van der Waals surface area (Å²) in [4.78, 5) is 0. The van der Waals surface area contributed by atoms with Crippen LogP contribution in [0.25, 0.3) is 10.9 Å². The molecule has 0 spiro atoms. The summed E-state index contributed by atoms with van der Waals surface area (Å²) in [7, 11) is 0. The minimum atomic E-state index is 0.543. The Morgan fingerprint density at radius 3 is 3.08 bits per heavy atom. The zero-order valence-corrected chi connectivity index (χ0v) is 6.87. The number of aromatic nitrogens is 1. The highest BCUT2D eigenvalue weighted by molar-refractivity contribution is 5.80. The van der Waals surface area contributed by atoms with Crippen LogP contribution in [-0.4, -0.2) is 5.16 Å². The molecule has 0 saturated heterocycles. The lowest BCUT2D eigenvalue weighted by molar-refractivity contribution is 0.405. The van der Waals surface area contributed by atoms with E-state index < -0.39 is 0 Å². The van der Waals surface area contributed by atoms with Crippen LogP contribution < -0.4 is 5.73 Å². The summed E-state index contributed by atoms with van der Waals surface area (Å²) in [6, 6.07) is 5.93. The molecule has 0 aliphatic heterocycles. The SMILES string of the molecule is Cc1onc2cc(CN)ccc12. The van der Waals surface area contributed by atoms with Crippen molar-refractivity contribution in [1.29, 1.82) is 0 Å². The maximum Gasteiger partial charge on any atom is 0.141 e. The summed E-state index contributed by atoms with van der Waals surface area (Å²) >= 11 is 0. The summed E-state index contributed by atoms with van der Waals surface area (Å²) < 4.78 is 5.02. The number of fused-ring (bicyclic) bond motifs is 1. The molecular weight excluding hydrogens is 152 g/mol.